The number of para-hydroxylation sites is 1. The van der Waals surface area contributed by atoms with E-state index in [2.05, 4.69) is 12.2 Å². The smallest absolute Gasteiger partial charge is 0.273 e. The number of hydrogen-bond donors (Lipinski definition) is 1. The Kier molecular flexibility index (Phi) is 5.61. The van der Waals surface area contributed by atoms with Gasteiger partial charge in [0.1, 0.15) is 0 Å². The molecule has 2 atom stereocenters. The SMILES string of the molecule is CCS[C@H]1CCC[C@H]1NC(=O)Cc1ccccc1[N+](=O)[O-]. The van der Waals surface area contributed by atoms with Gasteiger partial charge in [-0.3, -0.25) is 14.9 Å². The lowest BCUT2D eigenvalue weighted by Gasteiger charge is -2.20. The summed E-state index contributed by atoms with van der Waals surface area (Å²) in [4.78, 5) is 22.7. The number of nitro benzene ring substituents is 1. The molecule has 1 aliphatic rings. The first-order valence-electron chi connectivity index (χ1n) is 7.25. The summed E-state index contributed by atoms with van der Waals surface area (Å²) < 4.78 is 0. The molecule has 0 bridgehead atoms. The topological polar surface area (TPSA) is 72.2 Å². The highest BCUT2D eigenvalue weighted by Gasteiger charge is 2.28. The van der Waals surface area contributed by atoms with Crippen molar-refractivity contribution >= 4 is 23.4 Å². The lowest BCUT2D eigenvalue weighted by atomic mass is 10.1. The van der Waals surface area contributed by atoms with Gasteiger partial charge in [0.05, 0.1) is 11.3 Å². The average molecular weight is 308 g/mol. The molecule has 0 aromatic heterocycles. The number of thioether (sulfide) groups is 1. The Hall–Kier alpha value is -1.56. The van der Waals surface area contributed by atoms with Crippen molar-refractivity contribution in [3.63, 3.8) is 0 Å². The highest BCUT2D eigenvalue weighted by molar-refractivity contribution is 7.99. The first-order valence-corrected chi connectivity index (χ1v) is 8.30. The lowest BCUT2D eigenvalue weighted by Crippen LogP contribution is -2.39. The number of hydrogen-bond acceptors (Lipinski definition) is 4. The summed E-state index contributed by atoms with van der Waals surface area (Å²) in [6, 6.07) is 6.62. The van der Waals surface area contributed by atoms with Crippen molar-refractivity contribution in [1.29, 1.82) is 0 Å². The molecular weight excluding hydrogens is 288 g/mol. The zero-order chi connectivity index (χ0) is 15.2. The number of rotatable bonds is 6. The van der Waals surface area contributed by atoms with Gasteiger partial charge in [-0.2, -0.15) is 11.8 Å². The Morgan fingerprint density at radius 2 is 2.19 bits per heavy atom. The molecule has 0 radical (unpaired) electrons. The highest BCUT2D eigenvalue weighted by atomic mass is 32.2. The van der Waals surface area contributed by atoms with Crippen molar-refractivity contribution in [2.24, 2.45) is 0 Å². The summed E-state index contributed by atoms with van der Waals surface area (Å²) in [5.41, 5.74) is 0.483. The summed E-state index contributed by atoms with van der Waals surface area (Å²) in [5, 5.41) is 14.5. The predicted molar refractivity (Wildman–Crippen MR) is 84.5 cm³/mol. The standard InChI is InChI=1S/C15H20N2O3S/c1-2-21-14-9-5-7-12(14)16-15(18)10-11-6-3-4-8-13(11)17(19)20/h3-4,6,8,12,14H,2,5,7,9-10H2,1H3,(H,16,18)/t12-,14+/m1/s1. The minimum absolute atomic E-state index is 0.0126. The maximum absolute atomic E-state index is 12.2. The molecule has 2 rings (SSSR count). The summed E-state index contributed by atoms with van der Waals surface area (Å²) in [6.45, 7) is 2.12. The molecule has 6 heteroatoms. The minimum Gasteiger partial charge on any atom is -0.352 e. The van der Waals surface area contributed by atoms with Gasteiger partial charge in [0.15, 0.2) is 0 Å². The van der Waals surface area contributed by atoms with E-state index in [-0.39, 0.29) is 24.1 Å². The maximum atomic E-state index is 12.2. The Balaban J connectivity index is 1.97. The van der Waals surface area contributed by atoms with E-state index in [0.29, 0.717) is 10.8 Å². The second-order valence-electron chi connectivity index (χ2n) is 5.16. The summed E-state index contributed by atoms with van der Waals surface area (Å²) in [5.74, 6) is 0.916. The zero-order valence-corrected chi connectivity index (χ0v) is 12.9. The molecule has 1 saturated carbocycles. The number of benzene rings is 1. The van der Waals surface area contributed by atoms with Crippen LogP contribution in [0.15, 0.2) is 24.3 Å². The van der Waals surface area contributed by atoms with Crippen LogP contribution in [-0.2, 0) is 11.2 Å². The normalized spacial score (nSPS) is 21.2. The van der Waals surface area contributed by atoms with Gasteiger partial charge >= 0.3 is 0 Å². The van der Waals surface area contributed by atoms with Crippen LogP contribution in [0.3, 0.4) is 0 Å². The number of carbonyl (C=O) groups excluding carboxylic acids is 1. The third-order valence-corrected chi connectivity index (χ3v) is 5.04. The molecule has 1 N–H and O–H groups in total. The first-order chi connectivity index (χ1) is 10.1. The molecule has 1 aromatic carbocycles. The van der Waals surface area contributed by atoms with E-state index in [4.69, 9.17) is 0 Å². The monoisotopic (exact) mass is 308 g/mol. The van der Waals surface area contributed by atoms with Gasteiger partial charge < -0.3 is 5.32 Å². The molecule has 1 aromatic rings. The number of amides is 1. The van der Waals surface area contributed by atoms with Gasteiger partial charge in [-0.1, -0.05) is 31.5 Å². The summed E-state index contributed by atoms with van der Waals surface area (Å²) >= 11 is 1.88. The lowest BCUT2D eigenvalue weighted by molar-refractivity contribution is -0.385. The van der Waals surface area contributed by atoms with Gasteiger partial charge in [0, 0.05) is 22.9 Å². The van der Waals surface area contributed by atoms with Gasteiger partial charge in [0.25, 0.3) is 5.69 Å². The minimum atomic E-state index is -0.437. The fraction of sp³-hybridized carbons (Fsp3) is 0.533. The van der Waals surface area contributed by atoms with Crippen LogP contribution in [0.25, 0.3) is 0 Å². The number of nitro groups is 1. The Morgan fingerprint density at radius 3 is 2.90 bits per heavy atom. The molecule has 1 fully saturated rings. The number of nitrogens with zero attached hydrogens (tertiary/aromatic N) is 1. The summed E-state index contributed by atoms with van der Waals surface area (Å²) in [7, 11) is 0. The fourth-order valence-corrected chi connectivity index (χ4v) is 3.97. The van der Waals surface area contributed by atoms with E-state index < -0.39 is 4.92 Å². The van der Waals surface area contributed by atoms with Crippen molar-refractivity contribution in [1.82, 2.24) is 5.32 Å². The van der Waals surface area contributed by atoms with E-state index in [1.54, 1.807) is 18.2 Å². The molecule has 0 aliphatic heterocycles. The molecular formula is C15H20N2O3S. The third-order valence-electron chi connectivity index (χ3n) is 3.72. The van der Waals surface area contributed by atoms with Crippen molar-refractivity contribution in [2.45, 2.75) is 43.9 Å². The molecule has 5 nitrogen and oxygen atoms in total. The van der Waals surface area contributed by atoms with Gasteiger partial charge in [-0.25, -0.2) is 0 Å². The van der Waals surface area contributed by atoms with Crippen molar-refractivity contribution in [3.05, 3.63) is 39.9 Å². The van der Waals surface area contributed by atoms with Gasteiger partial charge in [0.2, 0.25) is 5.91 Å². The van der Waals surface area contributed by atoms with E-state index in [9.17, 15) is 14.9 Å². The number of carbonyl (C=O) groups is 1. The van der Waals surface area contributed by atoms with Crippen LogP contribution < -0.4 is 5.32 Å². The molecule has 0 unspecified atom stereocenters. The average Bonchev–Trinajstić information content (AvgIpc) is 2.86. The second-order valence-corrected chi connectivity index (χ2v) is 6.68. The van der Waals surface area contributed by atoms with E-state index in [0.717, 1.165) is 25.0 Å². The van der Waals surface area contributed by atoms with Crippen LogP contribution in [0, 0.1) is 10.1 Å². The van der Waals surface area contributed by atoms with E-state index >= 15 is 0 Å². The Bertz CT molecular complexity index is 521. The van der Waals surface area contributed by atoms with Crippen LogP contribution in [0.1, 0.15) is 31.7 Å². The molecule has 0 spiro atoms. The molecule has 1 amide bonds. The fourth-order valence-electron chi connectivity index (χ4n) is 2.77. The van der Waals surface area contributed by atoms with Crippen LogP contribution in [0.4, 0.5) is 5.69 Å². The molecule has 21 heavy (non-hydrogen) atoms. The predicted octanol–water partition coefficient (Wildman–Crippen LogP) is 2.93. The largest absolute Gasteiger partial charge is 0.352 e. The Labute approximate surface area is 128 Å². The van der Waals surface area contributed by atoms with Crippen LogP contribution in [0.2, 0.25) is 0 Å². The molecule has 1 aliphatic carbocycles. The third kappa shape index (κ3) is 4.20. The van der Waals surface area contributed by atoms with Crippen molar-refractivity contribution in [2.75, 3.05) is 5.75 Å². The van der Waals surface area contributed by atoms with Crippen molar-refractivity contribution in [3.8, 4) is 0 Å². The number of nitrogens with one attached hydrogen (secondary N) is 1. The second kappa shape index (κ2) is 7.45. The van der Waals surface area contributed by atoms with E-state index in [1.165, 1.54) is 6.07 Å². The molecule has 0 heterocycles. The van der Waals surface area contributed by atoms with Gasteiger partial charge in [-0.05, 0) is 18.6 Å². The van der Waals surface area contributed by atoms with Gasteiger partial charge in [-0.15, -0.1) is 0 Å². The molecule has 114 valence electrons. The first kappa shape index (κ1) is 15.8. The Morgan fingerprint density at radius 1 is 1.43 bits per heavy atom. The summed E-state index contributed by atoms with van der Waals surface area (Å²) in [6.07, 6.45) is 3.33. The van der Waals surface area contributed by atoms with Crippen molar-refractivity contribution < 1.29 is 9.72 Å². The zero-order valence-electron chi connectivity index (χ0n) is 12.1. The highest BCUT2D eigenvalue weighted by Crippen LogP contribution is 2.30. The van der Waals surface area contributed by atoms with Crippen LogP contribution in [-0.4, -0.2) is 27.9 Å². The quantitative estimate of drug-likeness (QED) is 0.648. The molecule has 0 saturated heterocycles. The maximum Gasteiger partial charge on any atom is 0.273 e. The van der Waals surface area contributed by atoms with E-state index in [1.807, 2.05) is 11.8 Å². The van der Waals surface area contributed by atoms with Crippen LogP contribution >= 0.6 is 11.8 Å². The van der Waals surface area contributed by atoms with Crippen LogP contribution in [0.5, 0.6) is 0 Å².